The summed E-state index contributed by atoms with van der Waals surface area (Å²) in [6.45, 7) is 0.417. The minimum atomic E-state index is -0.534. The van der Waals surface area contributed by atoms with Crippen LogP contribution in [0.2, 0.25) is 5.02 Å². The first kappa shape index (κ1) is 24.7. The molecule has 0 unspecified atom stereocenters. The molecule has 9 heteroatoms. The molecule has 0 saturated carbocycles. The minimum Gasteiger partial charge on any atom is -0.493 e. The number of ether oxygens (including phenoxy) is 3. The monoisotopic (exact) mass is 797 g/mol. The van der Waals surface area contributed by atoms with Crippen LogP contribution in [-0.4, -0.2) is 19.0 Å². The fraction of sp³-hybridized carbons (Fsp3) is 0.0833. The van der Waals surface area contributed by atoms with Gasteiger partial charge in [-0.05, 0) is 127 Å². The van der Waals surface area contributed by atoms with Gasteiger partial charge in [0.25, 0.3) is 0 Å². The number of methoxy groups -OCH3 is 1. The van der Waals surface area contributed by atoms with E-state index in [1.807, 2.05) is 36.4 Å². The van der Waals surface area contributed by atoms with Crippen molar-refractivity contribution in [2.75, 3.05) is 7.11 Å². The molecular formula is C24H15ClI3NO4. The molecule has 0 aromatic heterocycles. The van der Waals surface area contributed by atoms with Gasteiger partial charge in [0, 0.05) is 7.14 Å². The van der Waals surface area contributed by atoms with Crippen molar-refractivity contribution in [1.29, 1.82) is 0 Å². The van der Waals surface area contributed by atoms with E-state index in [1.54, 1.807) is 25.3 Å². The van der Waals surface area contributed by atoms with Crippen molar-refractivity contribution in [3.8, 4) is 11.5 Å². The predicted molar refractivity (Wildman–Crippen MR) is 154 cm³/mol. The molecule has 1 heterocycles. The van der Waals surface area contributed by atoms with E-state index < -0.39 is 5.97 Å². The van der Waals surface area contributed by atoms with Gasteiger partial charge in [0.2, 0.25) is 5.90 Å². The smallest absolute Gasteiger partial charge is 0.363 e. The molecule has 0 spiro atoms. The molecule has 3 aromatic rings. The summed E-state index contributed by atoms with van der Waals surface area (Å²) >= 11 is 12.9. The lowest BCUT2D eigenvalue weighted by Crippen LogP contribution is -2.06. The topological polar surface area (TPSA) is 57.1 Å². The van der Waals surface area contributed by atoms with Crippen LogP contribution >= 0.6 is 79.4 Å². The van der Waals surface area contributed by atoms with Crippen LogP contribution in [-0.2, 0) is 16.1 Å². The van der Waals surface area contributed by atoms with Crippen LogP contribution in [0, 0.1) is 10.7 Å². The van der Waals surface area contributed by atoms with Gasteiger partial charge in [0.05, 0.1) is 21.3 Å². The molecule has 0 amide bonds. The van der Waals surface area contributed by atoms with Gasteiger partial charge in [-0.15, -0.1) is 0 Å². The average Bonchev–Trinajstić information content (AvgIpc) is 3.14. The molecule has 0 N–H and O–H groups in total. The van der Waals surface area contributed by atoms with Crippen molar-refractivity contribution in [2.45, 2.75) is 6.61 Å². The third-order valence-electron chi connectivity index (χ3n) is 4.61. The van der Waals surface area contributed by atoms with Gasteiger partial charge in [-0.25, -0.2) is 9.79 Å². The zero-order valence-corrected chi connectivity index (χ0v) is 24.3. The Hall–Kier alpha value is -1.38. The van der Waals surface area contributed by atoms with E-state index in [2.05, 4.69) is 78.8 Å². The Kier molecular flexibility index (Phi) is 8.18. The van der Waals surface area contributed by atoms with E-state index in [4.69, 9.17) is 25.8 Å². The second-order valence-electron chi connectivity index (χ2n) is 6.91. The maximum atomic E-state index is 12.4. The van der Waals surface area contributed by atoms with Crippen molar-refractivity contribution in [3.05, 3.63) is 92.7 Å². The molecule has 4 rings (SSSR count). The maximum Gasteiger partial charge on any atom is 0.363 e. The van der Waals surface area contributed by atoms with E-state index in [1.165, 1.54) is 0 Å². The molecule has 33 heavy (non-hydrogen) atoms. The van der Waals surface area contributed by atoms with Gasteiger partial charge in [-0.1, -0.05) is 23.7 Å². The first-order chi connectivity index (χ1) is 15.8. The highest BCUT2D eigenvalue weighted by atomic mass is 127. The minimum absolute atomic E-state index is 0.185. The number of carbonyl (C=O) groups is 1. The van der Waals surface area contributed by atoms with Crippen LogP contribution < -0.4 is 9.47 Å². The van der Waals surface area contributed by atoms with Crippen LogP contribution in [0.5, 0.6) is 11.5 Å². The molecule has 1 aliphatic heterocycles. The number of cyclic esters (lactones) is 1. The average molecular weight is 798 g/mol. The summed E-state index contributed by atoms with van der Waals surface area (Å²) in [7, 11) is 1.58. The summed E-state index contributed by atoms with van der Waals surface area (Å²) < 4.78 is 19.9. The van der Waals surface area contributed by atoms with Gasteiger partial charge >= 0.3 is 5.97 Å². The van der Waals surface area contributed by atoms with Crippen LogP contribution in [0.1, 0.15) is 16.7 Å². The Morgan fingerprint density at radius 1 is 1.06 bits per heavy atom. The summed E-state index contributed by atoms with van der Waals surface area (Å²) in [5.41, 5.74) is 2.57. The number of halogens is 4. The summed E-state index contributed by atoms with van der Waals surface area (Å²) in [4.78, 5) is 16.8. The van der Waals surface area contributed by atoms with Crippen LogP contribution in [0.15, 0.2) is 65.3 Å². The molecule has 3 aromatic carbocycles. The number of aliphatic imine (C=N–C) groups is 1. The van der Waals surface area contributed by atoms with Gasteiger partial charge in [-0.2, -0.15) is 0 Å². The largest absolute Gasteiger partial charge is 0.493 e. The first-order valence-electron chi connectivity index (χ1n) is 9.57. The molecule has 168 valence electrons. The highest BCUT2D eigenvalue weighted by Gasteiger charge is 2.26. The summed E-state index contributed by atoms with van der Waals surface area (Å²) in [5.74, 6) is 0.861. The second-order valence-corrected chi connectivity index (χ2v) is 11.0. The highest BCUT2D eigenvalue weighted by molar-refractivity contribution is 14.1. The van der Waals surface area contributed by atoms with Crippen molar-refractivity contribution >= 4 is 97.3 Å². The standard InChI is InChI=1S/C24H15ClI3NO4/c1-31-21-10-14(8-19(28)22(21)32-12-13-3-2-4-15(26)7-13)9-20-24(30)33-23(29-20)17-11-16(27)5-6-18(17)25/h2-11H,12H2,1H3/b20-9-. The molecular weight excluding hydrogens is 782 g/mol. The first-order valence-corrected chi connectivity index (χ1v) is 13.2. The molecule has 0 fully saturated rings. The predicted octanol–water partition coefficient (Wildman–Crippen LogP) is 7.09. The van der Waals surface area contributed by atoms with E-state index in [0.29, 0.717) is 28.7 Å². The lowest BCUT2D eigenvalue weighted by Gasteiger charge is -2.14. The fourth-order valence-corrected chi connectivity index (χ4v) is 5.17. The molecule has 0 saturated heterocycles. The van der Waals surface area contributed by atoms with Gasteiger partial charge in [0.15, 0.2) is 17.2 Å². The molecule has 1 aliphatic rings. The number of hydrogen-bond donors (Lipinski definition) is 0. The molecule has 0 radical (unpaired) electrons. The molecule has 0 atom stereocenters. The number of hydrogen-bond acceptors (Lipinski definition) is 5. The Morgan fingerprint density at radius 2 is 1.85 bits per heavy atom. The third kappa shape index (κ3) is 6.01. The fourth-order valence-electron chi connectivity index (χ4n) is 3.09. The summed E-state index contributed by atoms with van der Waals surface area (Å²) in [6, 6.07) is 17.3. The Balaban J connectivity index is 1.61. The molecule has 0 aliphatic carbocycles. The number of rotatable bonds is 6. The van der Waals surface area contributed by atoms with Gasteiger partial charge in [0.1, 0.15) is 6.61 Å². The highest BCUT2D eigenvalue weighted by Crippen LogP contribution is 2.36. The Labute approximate surface area is 237 Å². The van der Waals surface area contributed by atoms with E-state index >= 15 is 0 Å². The Morgan fingerprint density at radius 3 is 2.61 bits per heavy atom. The van der Waals surface area contributed by atoms with Gasteiger partial charge in [-0.3, -0.25) is 0 Å². The number of nitrogens with zero attached hydrogens (tertiary/aromatic N) is 1. The lowest BCUT2D eigenvalue weighted by molar-refractivity contribution is -0.129. The van der Waals surface area contributed by atoms with Gasteiger partial charge < -0.3 is 14.2 Å². The number of esters is 1. The zero-order valence-electron chi connectivity index (χ0n) is 17.1. The lowest BCUT2D eigenvalue weighted by atomic mass is 10.1. The van der Waals surface area contributed by atoms with E-state index in [0.717, 1.165) is 21.8 Å². The molecule has 5 nitrogen and oxygen atoms in total. The quantitative estimate of drug-likeness (QED) is 0.152. The third-order valence-corrected chi connectivity index (χ3v) is 7.08. The van der Waals surface area contributed by atoms with Crippen LogP contribution in [0.25, 0.3) is 6.08 Å². The number of benzene rings is 3. The van der Waals surface area contributed by atoms with E-state index in [-0.39, 0.29) is 11.6 Å². The van der Waals surface area contributed by atoms with Crippen molar-refractivity contribution in [3.63, 3.8) is 0 Å². The summed E-state index contributed by atoms with van der Waals surface area (Å²) in [5, 5.41) is 0.467. The van der Waals surface area contributed by atoms with Crippen molar-refractivity contribution in [1.82, 2.24) is 0 Å². The summed E-state index contributed by atoms with van der Waals surface area (Å²) in [6.07, 6.45) is 1.66. The van der Waals surface area contributed by atoms with Crippen LogP contribution in [0.3, 0.4) is 0 Å². The van der Waals surface area contributed by atoms with Crippen LogP contribution in [0.4, 0.5) is 0 Å². The second kappa shape index (κ2) is 10.9. The normalized spacial score (nSPS) is 14.3. The number of carbonyl (C=O) groups excluding carboxylic acids is 1. The van der Waals surface area contributed by atoms with E-state index in [9.17, 15) is 4.79 Å². The van der Waals surface area contributed by atoms with Crippen molar-refractivity contribution < 1.29 is 19.0 Å². The molecule has 0 bridgehead atoms. The zero-order chi connectivity index (χ0) is 23.5. The van der Waals surface area contributed by atoms with Crippen molar-refractivity contribution in [2.24, 2.45) is 4.99 Å². The maximum absolute atomic E-state index is 12.4. The Bertz CT molecular complexity index is 1310. The SMILES string of the molecule is COc1cc(/C=C2\N=C(c3cc(I)ccc3Cl)OC2=O)cc(I)c1OCc1cccc(I)c1.